The van der Waals surface area contributed by atoms with Gasteiger partial charge in [0.15, 0.2) is 5.65 Å². The summed E-state index contributed by atoms with van der Waals surface area (Å²) >= 11 is 0. The molecule has 1 unspecified atom stereocenters. The van der Waals surface area contributed by atoms with Crippen molar-refractivity contribution in [2.45, 2.75) is 50.0 Å². The summed E-state index contributed by atoms with van der Waals surface area (Å²) in [4.78, 5) is 0. The number of rotatable bonds is 4. The summed E-state index contributed by atoms with van der Waals surface area (Å²) in [5.74, 6) is -2.37. The highest BCUT2D eigenvalue weighted by molar-refractivity contribution is 5.54. The van der Waals surface area contributed by atoms with E-state index in [-0.39, 0.29) is 18.3 Å². The van der Waals surface area contributed by atoms with Gasteiger partial charge in [0, 0.05) is 18.2 Å². The van der Waals surface area contributed by atoms with Crippen LogP contribution in [0.4, 0.5) is 13.2 Å². The molecule has 0 radical (unpaired) electrons. The largest absolute Gasteiger partial charge is 0.490 e. The van der Waals surface area contributed by atoms with Gasteiger partial charge in [-0.2, -0.15) is 0 Å². The van der Waals surface area contributed by atoms with Crippen molar-refractivity contribution in [2.24, 2.45) is 0 Å². The van der Waals surface area contributed by atoms with E-state index in [1.165, 1.54) is 12.1 Å². The Balaban J connectivity index is 1.30. The maximum Gasteiger partial charge on any atom is 0.259 e. The van der Waals surface area contributed by atoms with Crippen molar-refractivity contribution in [2.75, 3.05) is 0 Å². The number of aromatic nitrogens is 3. The van der Waals surface area contributed by atoms with Crippen LogP contribution in [-0.4, -0.2) is 26.6 Å². The van der Waals surface area contributed by atoms with Crippen LogP contribution >= 0.6 is 0 Å². The van der Waals surface area contributed by atoms with E-state index in [1.54, 1.807) is 16.7 Å². The topological polar surface area (TPSA) is 39.4 Å². The Kier molecular flexibility index (Phi) is 3.51. The van der Waals surface area contributed by atoms with Gasteiger partial charge in [0.1, 0.15) is 17.4 Å². The van der Waals surface area contributed by atoms with E-state index in [9.17, 15) is 13.2 Å². The minimum atomic E-state index is -2.67. The molecule has 7 heteroatoms. The number of pyridine rings is 1. The van der Waals surface area contributed by atoms with Crippen LogP contribution in [0, 0.1) is 12.7 Å². The molecule has 2 saturated carbocycles. The number of hydrogen-bond acceptors (Lipinski definition) is 3. The normalized spacial score (nSPS) is 26.0. The van der Waals surface area contributed by atoms with Gasteiger partial charge in [0.05, 0.1) is 12.0 Å². The monoisotopic (exact) mass is 373 g/mol. The van der Waals surface area contributed by atoms with E-state index in [4.69, 9.17) is 4.74 Å². The van der Waals surface area contributed by atoms with Crippen LogP contribution in [0.15, 0.2) is 36.5 Å². The van der Waals surface area contributed by atoms with Crippen molar-refractivity contribution < 1.29 is 17.9 Å². The number of hydrogen-bond donors (Lipinski definition) is 0. The van der Waals surface area contributed by atoms with Crippen LogP contribution in [0.1, 0.15) is 48.0 Å². The Labute approximate surface area is 154 Å². The van der Waals surface area contributed by atoms with Crippen LogP contribution in [0.2, 0.25) is 0 Å². The molecule has 2 aromatic heterocycles. The molecule has 0 aliphatic heterocycles. The van der Waals surface area contributed by atoms with Crippen LogP contribution in [-0.2, 0) is 0 Å². The number of halogens is 3. The number of benzene rings is 1. The summed E-state index contributed by atoms with van der Waals surface area (Å²) in [6.07, 6.45) is 3.34. The Morgan fingerprint density at radius 2 is 1.81 bits per heavy atom. The molecule has 1 aromatic carbocycles. The zero-order chi connectivity index (χ0) is 18.8. The Morgan fingerprint density at radius 3 is 2.48 bits per heavy atom. The number of nitrogens with zero attached hydrogens (tertiary/aromatic N) is 3. The Morgan fingerprint density at radius 1 is 1.11 bits per heavy atom. The number of ether oxygens (including phenoxy) is 1. The average Bonchev–Trinajstić information content (AvgIpc) is 3.03. The van der Waals surface area contributed by atoms with E-state index in [0.29, 0.717) is 23.1 Å². The quantitative estimate of drug-likeness (QED) is 0.670. The predicted octanol–water partition coefficient (Wildman–Crippen LogP) is 4.62. The van der Waals surface area contributed by atoms with Gasteiger partial charge in [-0.3, -0.25) is 4.40 Å². The molecule has 0 spiro atoms. The van der Waals surface area contributed by atoms with Gasteiger partial charge in [0.25, 0.3) is 5.92 Å². The van der Waals surface area contributed by atoms with Gasteiger partial charge in [-0.15, -0.1) is 10.2 Å². The maximum absolute atomic E-state index is 13.4. The zero-order valence-electron chi connectivity index (χ0n) is 14.7. The molecule has 1 atom stereocenters. The average molecular weight is 373 g/mol. The molecule has 4 nitrogen and oxygen atoms in total. The molecule has 0 amide bonds. The minimum absolute atomic E-state index is 0.0800. The number of alkyl halides is 2. The van der Waals surface area contributed by atoms with E-state index < -0.39 is 11.8 Å². The van der Waals surface area contributed by atoms with Gasteiger partial charge in [-0.25, -0.2) is 13.2 Å². The van der Waals surface area contributed by atoms with Crippen LogP contribution < -0.4 is 4.74 Å². The molecular weight excluding hydrogens is 355 g/mol. The van der Waals surface area contributed by atoms with Crippen molar-refractivity contribution >= 4 is 5.65 Å². The van der Waals surface area contributed by atoms with Crippen LogP contribution in [0.3, 0.4) is 0 Å². The standard InChI is InChI=1S/C20H18F3N3O/c1-11-17(27-15-8-13(9-15)12-2-4-14(21)5-3-12)6-7-26-18(11)24-25-19(26)16-10-20(16,22)23/h2-7,13,15-16H,8-10H2,1H3. The van der Waals surface area contributed by atoms with Gasteiger partial charge in [-0.05, 0) is 49.4 Å². The molecule has 27 heavy (non-hydrogen) atoms. The van der Waals surface area contributed by atoms with Gasteiger partial charge < -0.3 is 4.74 Å². The van der Waals surface area contributed by atoms with Crippen molar-refractivity contribution in [3.63, 3.8) is 0 Å². The smallest absolute Gasteiger partial charge is 0.259 e. The van der Waals surface area contributed by atoms with Crippen LogP contribution in [0.25, 0.3) is 5.65 Å². The Bertz CT molecular complexity index is 1010. The second-order valence-electron chi connectivity index (χ2n) is 7.53. The van der Waals surface area contributed by atoms with Gasteiger partial charge >= 0.3 is 0 Å². The molecule has 2 aliphatic rings. The molecule has 2 aliphatic carbocycles. The highest BCUT2D eigenvalue weighted by atomic mass is 19.3. The summed E-state index contributed by atoms with van der Waals surface area (Å²) in [5, 5.41) is 8.07. The number of fused-ring (bicyclic) bond motifs is 1. The lowest BCUT2D eigenvalue weighted by Crippen LogP contribution is -2.32. The maximum atomic E-state index is 13.4. The van der Waals surface area contributed by atoms with Crippen molar-refractivity contribution in [3.05, 3.63) is 59.3 Å². The molecule has 0 saturated heterocycles. The van der Waals surface area contributed by atoms with Gasteiger partial charge in [0.2, 0.25) is 0 Å². The molecule has 0 bridgehead atoms. The minimum Gasteiger partial charge on any atom is -0.490 e. The van der Waals surface area contributed by atoms with Crippen LogP contribution in [0.5, 0.6) is 5.75 Å². The fourth-order valence-electron chi connectivity index (χ4n) is 3.79. The van der Waals surface area contributed by atoms with E-state index in [1.807, 2.05) is 19.1 Å². The lowest BCUT2D eigenvalue weighted by atomic mass is 9.77. The fourth-order valence-corrected chi connectivity index (χ4v) is 3.79. The van der Waals surface area contributed by atoms with E-state index in [2.05, 4.69) is 10.2 Å². The molecule has 2 heterocycles. The first-order valence-electron chi connectivity index (χ1n) is 9.06. The third-order valence-electron chi connectivity index (χ3n) is 5.67. The van der Waals surface area contributed by atoms with E-state index in [0.717, 1.165) is 24.0 Å². The lowest BCUT2D eigenvalue weighted by molar-refractivity contribution is 0.0978. The number of aryl methyl sites for hydroxylation is 1. The first-order valence-corrected chi connectivity index (χ1v) is 9.06. The summed E-state index contributed by atoms with van der Waals surface area (Å²) in [6, 6.07) is 8.39. The van der Waals surface area contributed by atoms with Gasteiger partial charge in [-0.1, -0.05) is 12.1 Å². The molecule has 5 rings (SSSR count). The predicted molar refractivity (Wildman–Crippen MR) is 92.8 cm³/mol. The molecule has 140 valence electrons. The highest BCUT2D eigenvalue weighted by Crippen LogP contribution is 2.55. The highest BCUT2D eigenvalue weighted by Gasteiger charge is 2.60. The molecule has 3 aromatic rings. The first kappa shape index (κ1) is 16.6. The summed E-state index contributed by atoms with van der Waals surface area (Å²) in [7, 11) is 0. The molecule has 0 N–H and O–H groups in total. The summed E-state index contributed by atoms with van der Waals surface area (Å²) in [5.41, 5.74) is 2.47. The van der Waals surface area contributed by atoms with Crippen molar-refractivity contribution in [3.8, 4) is 5.75 Å². The molecule has 2 fully saturated rings. The lowest BCUT2D eigenvalue weighted by Gasteiger charge is -2.36. The third-order valence-corrected chi connectivity index (χ3v) is 5.67. The molecular formula is C20H18F3N3O. The van der Waals surface area contributed by atoms with Crippen molar-refractivity contribution in [1.29, 1.82) is 0 Å². The second-order valence-corrected chi connectivity index (χ2v) is 7.53. The Hall–Kier alpha value is -2.57. The summed E-state index contributed by atoms with van der Waals surface area (Å²) in [6.45, 7) is 1.87. The van der Waals surface area contributed by atoms with Crippen molar-refractivity contribution in [1.82, 2.24) is 14.6 Å². The second kappa shape index (κ2) is 5.71. The zero-order valence-corrected chi connectivity index (χ0v) is 14.7. The van der Waals surface area contributed by atoms with E-state index >= 15 is 0 Å². The summed E-state index contributed by atoms with van der Waals surface area (Å²) < 4.78 is 47.5. The fraction of sp³-hybridized carbons (Fsp3) is 0.400. The SMILES string of the molecule is Cc1c(OC2CC(c3ccc(F)cc3)C2)ccn2c(C3CC3(F)F)nnc12. The third kappa shape index (κ3) is 2.76. The first-order chi connectivity index (χ1) is 12.9.